The molecule has 0 saturated carbocycles. The van der Waals surface area contributed by atoms with Gasteiger partial charge in [-0.15, -0.1) is 0 Å². The topological polar surface area (TPSA) is 56.9 Å². The molecule has 1 atom stereocenters. The SMILES string of the molecule is O=C(NCCC1CCNC1)c1c[nH]c2ccccc12. The van der Waals surface area contributed by atoms with Crippen LogP contribution in [0.2, 0.25) is 0 Å². The lowest BCUT2D eigenvalue weighted by molar-refractivity contribution is 0.0953. The molecule has 1 aromatic heterocycles. The van der Waals surface area contributed by atoms with E-state index in [0.29, 0.717) is 5.92 Å². The normalized spacial score (nSPS) is 18.8. The third kappa shape index (κ3) is 2.63. The second kappa shape index (κ2) is 5.45. The van der Waals surface area contributed by atoms with Crippen LogP contribution in [-0.4, -0.2) is 30.5 Å². The third-order valence-electron chi connectivity index (χ3n) is 3.83. The summed E-state index contributed by atoms with van der Waals surface area (Å²) in [7, 11) is 0. The molecule has 1 fully saturated rings. The highest BCUT2D eigenvalue weighted by Gasteiger charge is 2.15. The van der Waals surface area contributed by atoms with Crippen molar-refractivity contribution in [2.75, 3.05) is 19.6 Å². The van der Waals surface area contributed by atoms with E-state index in [1.54, 1.807) is 6.20 Å². The summed E-state index contributed by atoms with van der Waals surface area (Å²) in [4.78, 5) is 15.3. The van der Waals surface area contributed by atoms with Gasteiger partial charge in [-0.2, -0.15) is 0 Å². The number of carbonyl (C=O) groups is 1. The van der Waals surface area contributed by atoms with Crippen molar-refractivity contribution in [3.05, 3.63) is 36.0 Å². The smallest absolute Gasteiger partial charge is 0.253 e. The fraction of sp³-hybridized carbons (Fsp3) is 0.400. The fourth-order valence-corrected chi connectivity index (χ4v) is 2.71. The lowest BCUT2D eigenvalue weighted by Gasteiger charge is -2.08. The van der Waals surface area contributed by atoms with Gasteiger partial charge in [-0.1, -0.05) is 18.2 Å². The number of fused-ring (bicyclic) bond motifs is 1. The van der Waals surface area contributed by atoms with Crippen LogP contribution in [0.1, 0.15) is 23.2 Å². The molecule has 2 heterocycles. The van der Waals surface area contributed by atoms with Crippen LogP contribution >= 0.6 is 0 Å². The summed E-state index contributed by atoms with van der Waals surface area (Å²) >= 11 is 0. The molecule has 1 aliphatic rings. The molecule has 4 heteroatoms. The van der Waals surface area contributed by atoms with Crippen LogP contribution in [0.5, 0.6) is 0 Å². The zero-order valence-corrected chi connectivity index (χ0v) is 10.9. The van der Waals surface area contributed by atoms with E-state index in [1.807, 2.05) is 24.3 Å². The van der Waals surface area contributed by atoms with Gasteiger partial charge in [-0.3, -0.25) is 4.79 Å². The number of nitrogens with one attached hydrogen (secondary N) is 3. The standard InChI is InChI=1S/C15H19N3O/c19-15(17-8-6-11-5-7-16-9-11)13-10-18-14-4-2-1-3-12(13)14/h1-4,10-11,16,18H,5-9H2,(H,17,19). The molecule has 1 saturated heterocycles. The van der Waals surface area contributed by atoms with Gasteiger partial charge in [-0.25, -0.2) is 0 Å². The lowest BCUT2D eigenvalue weighted by Crippen LogP contribution is -2.26. The minimum absolute atomic E-state index is 0.0170. The van der Waals surface area contributed by atoms with Gasteiger partial charge < -0.3 is 15.6 Å². The van der Waals surface area contributed by atoms with E-state index in [4.69, 9.17) is 0 Å². The molecule has 0 bridgehead atoms. The lowest BCUT2D eigenvalue weighted by atomic mass is 10.1. The van der Waals surface area contributed by atoms with Crippen molar-refractivity contribution in [3.63, 3.8) is 0 Å². The van der Waals surface area contributed by atoms with Gasteiger partial charge in [0.15, 0.2) is 0 Å². The third-order valence-corrected chi connectivity index (χ3v) is 3.83. The van der Waals surface area contributed by atoms with E-state index in [9.17, 15) is 4.79 Å². The van der Waals surface area contributed by atoms with Crippen LogP contribution in [0.15, 0.2) is 30.5 Å². The molecule has 3 rings (SSSR count). The first kappa shape index (κ1) is 12.2. The summed E-state index contributed by atoms with van der Waals surface area (Å²) in [6.45, 7) is 2.95. The van der Waals surface area contributed by atoms with E-state index in [0.717, 1.165) is 42.5 Å². The van der Waals surface area contributed by atoms with Gasteiger partial charge in [0.1, 0.15) is 0 Å². The van der Waals surface area contributed by atoms with Crippen molar-refractivity contribution in [1.29, 1.82) is 0 Å². The van der Waals surface area contributed by atoms with Gasteiger partial charge in [0.05, 0.1) is 5.56 Å². The van der Waals surface area contributed by atoms with E-state index < -0.39 is 0 Å². The largest absolute Gasteiger partial charge is 0.360 e. The predicted octanol–water partition coefficient (Wildman–Crippen LogP) is 1.90. The Morgan fingerprint density at radius 3 is 3.11 bits per heavy atom. The summed E-state index contributed by atoms with van der Waals surface area (Å²) in [6, 6.07) is 7.88. The zero-order chi connectivity index (χ0) is 13.1. The number of benzene rings is 1. The molecular formula is C15H19N3O. The summed E-state index contributed by atoms with van der Waals surface area (Å²) in [5, 5.41) is 7.35. The molecule has 0 spiro atoms. The monoisotopic (exact) mass is 257 g/mol. The molecule has 100 valence electrons. The Morgan fingerprint density at radius 1 is 1.37 bits per heavy atom. The Bertz CT molecular complexity index is 570. The van der Waals surface area contributed by atoms with Gasteiger partial charge >= 0.3 is 0 Å². The number of aromatic amines is 1. The molecule has 0 aliphatic carbocycles. The first-order valence-corrected chi connectivity index (χ1v) is 6.89. The maximum Gasteiger partial charge on any atom is 0.253 e. The van der Waals surface area contributed by atoms with Crippen LogP contribution in [0.25, 0.3) is 10.9 Å². The number of rotatable bonds is 4. The highest BCUT2D eigenvalue weighted by molar-refractivity contribution is 6.06. The molecule has 1 amide bonds. The maximum absolute atomic E-state index is 12.1. The summed E-state index contributed by atoms with van der Waals surface area (Å²) in [5.74, 6) is 0.728. The van der Waals surface area contributed by atoms with E-state index in [2.05, 4.69) is 15.6 Å². The highest BCUT2D eigenvalue weighted by atomic mass is 16.1. The minimum atomic E-state index is 0.0170. The Morgan fingerprint density at radius 2 is 2.26 bits per heavy atom. The van der Waals surface area contributed by atoms with Crippen LogP contribution < -0.4 is 10.6 Å². The molecule has 1 unspecified atom stereocenters. The molecule has 4 nitrogen and oxygen atoms in total. The molecule has 0 radical (unpaired) electrons. The van der Waals surface area contributed by atoms with Gasteiger partial charge in [-0.05, 0) is 37.9 Å². The van der Waals surface area contributed by atoms with Crippen LogP contribution in [0.4, 0.5) is 0 Å². The van der Waals surface area contributed by atoms with E-state index in [-0.39, 0.29) is 5.91 Å². The van der Waals surface area contributed by atoms with Crippen molar-refractivity contribution in [1.82, 2.24) is 15.6 Å². The number of carbonyl (C=O) groups excluding carboxylic acids is 1. The average molecular weight is 257 g/mol. The molecule has 19 heavy (non-hydrogen) atoms. The summed E-state index contributed by atoms with van der Waals surface area (Å²) in [5.41, 5.74) is 1.74. The molecular weight excluding hydrogens is 238 g/mol. The van der Waals surface area contributed by atoms with Crippen molar-refractivity contribution in [3.8, 4) is 0 Å². The van der Waals surface area contributed by atoms with Crippen LogP contribution in [-0.2, 0) is 0 Å². The van der Waals surface area contributed by atoms with Gasteiger partial charge in [0.25, 0.3) is 5.91 Å². The molecule has 1 aromatic carbocycles. The van der Waals surface area contributed by atoms with E-state index in [1.165, 1.54) is 6.42 Å². The number of amides is 1. The first-order valence-electron chi connectivity index (χ1n) is 6.89. The van der Waals surface area contributed by atoms with Crippen LogP contribution in [0, 0.1) is 5.92 Å². The van der Waals surface area contributed by atoms with Gasteiger partial charge in [0.2, 0.25) is 0 Å². The fourth-order valence-electron chi connectivity index (χ4n) is 2.71. The summed E-state index contributed by atoms with van der Waals surface area (Å²) < 4.78 is 0. The van der Waals surface area contributed by atoms with Gasteiger partial charge in [0, 0.05) is 23.6 Å². The average Bonchev–Trinajstić information content (AvgIpc) is 3.07. The number of hydrogen-bond acceptors (Lipinski definition) is 2. The minimum Gasteiger partial charge on any atom is -0.360 e. The van der Waals surface area contributed by atoms with E-state index >= 15 is 0 Å². The Hall–Kier alpha value is -1.81. The Balaban J connectivity index is 1.60. The number of para-hydroxylation sites is 1. The Labute approximate surface area is 112 Å². The molecule has 1 aliphatic heterocycles. The maximum atomic E-state index is 12.1. The summed E-state index contributed by atoms with van der Waals surface area (Å²) in [6.07, 6.45) is 4.07. The second-order valence-corrected chi connectivity index (χ2v) is 5.15. The predicted molar refractivity (Wildman–Crippen MR) is 76.2 cm³/mol. The van der Waals surface area contributed by atoms with Crippen molar-refractivity contribution < 1.29 is 4.79 Å². The first-order chi connectivity index (χ1) is 9.34. The quantitative estimate of drug-likeness (QED) is 0.783. The van der Waals surface area contributed by atoms with Crippen molar-refractivity contribution >= 4 is 16.8 Å². The molecule has 3 N–H and O–H groups in total. The number of H-pyrrole nitrogens is 1. The van der Waals surface area contributed by atoms with Crippen molar-refractivity contribution in [2.45, 2.75) is 12.8 Å². The number of aromatic nitrogens is 1. The zero-order valence-electron chi connectivity index (χ0n) is 10.9. The second-order valence-electron chi connectivity index (χ2n) is 5.15. The van der Waals surface area contributed by atoms with Crippen molar-refractivity contribution in [2.24, 2.45) is 5.92 Å². The number of hydrogen-bond donors (Lipinski definition) is 3. The molecule has 2 aromatic rings. The highest BCUT2D eigenvalue weighted by Crippen LogP contribution is 2.17. The van der Waals surface area contributed by atoms with Crippen LogP contribution in [0.3, 0.4) is 0 Å². The Kier molecular flexibility index (Phi) is 3.51.